The SMILES string of the molecule is CC(C)(C)CC(=O)NCc1ccccc1-n1cccn1. The second kappa shape index (κ2) is 5.90. The molecular formula is C16H21N3O. The number of carbonyl (C=O) groups excluding carboxylic acids is 1. The molecule has 0 saturated carbocycles. The summed E-state index contributed by atoms with van der Waals surface area (Å²) in [5.74, 6) is 0.0766. The van der Waals surface area contributed by atoms with Gasteiger partial charge in [0.1, 0.15) is 0 Å². The summed E-state index contributed by atoms with van der Waals surface area (Å²) in [4.78, 5) is 11.9. The van der Waals surface area contributed by atoms with Gasteiger partial charge in [-0.25, -0.2) is 4.68 Å². The lowest BCUT2D eigenvalue weighted by Gasteiger charge is -2.17. The minimum atomic E-state index is 0.00554. The summed E-state index contributed by atoms with van der Waals surface area (Å²) in [6, 6.07) is 9.83. The van der Waals surface area contributed by atoms with Crippen LogP contribution in [0.5, 0.6) is 0 Å². The highest BCUT2D eigenvalue weighted by Crippen LogP contribution is 2.18. The van der Waals surface area contributed by atoms with E-state index in [1.807, 2.05) is 41.2 Å². The fraction of sp³-hybridized carbons (Fsp3) is 0.375. The van der Waals surface area contributed by atoms with E-state index >= 15 is 0 Å². The predicted octanol–water partition coefficient (Wildman–Crippen LogP) is 2.92. The van der Waals surface area contributed by atoms with Crippen LogP contribution in [0.25, 0.3) is 5.69 Å². The van der Waals surface area contributed by atoms with Crippen molar-refractivity contribution in [1.82, 2.24) is 15.1 Å². The van der Waals surface area contributed by atoms with Crippen molar-refractivity contribution in [3.8, 4) is 5.69 Å². The number of benzene rings is 1. The Morgan fingerprint density at radius 3 is 2.65 bits per heavy atom. The van der Waals surface area contributed by atoms with Gasteiger partial charge in [-0.1, -0.05) is 39.0 Å². The van der Waals surface area contributed by atoms with E-state index in [9.17, 15) is 4.79 Å². The highest BCUT2D eigenvalue weighted by molar-refractivity contribution is 5.76. The summed E-state index contributed by atoms with van der Waals surface area (Å²) < 4.78 is 1.81. The number of aromatic nitrogens is 2. The van der Waals surface area contributed by atoms with Gasteiger partial charge in [0, 0.05) is 25.4 Å². The normalized spacial score (nSPS) is 11.3. The van der Waals surface area contributed by atoms with Gasteiger partial charge in [0.05, 0.1) is 5.69 Å². The maximum absolute atomic E-state index is 11.9. The number of amides is 1. The predicted molar refractivity (Wildman–Crippen MR) is 79.5 cm³/mol. The third kappa shape index (κ3) is 3.95. The largest absolute Gasteiger partial charge is 0.352 e. The summed E-state index contributed by atoms with van der Waals surface area (Å²) in [5.41, 5.74) is 2.05. The smallest absolute Gasteiger partial charge is 0.220 e. The van der Waals surface area contributed by atoms with Crippen molar-refractivity contribution in [1.29, 1.82) is 0 Å². The van der Waals surface area contributed by atoms with Gasteiger partial charge in [-0.15, -0.1) is 0 Å². The molecule has 0 aliphatic rings. The Labute approximate surface area is 119 Å². The fourth-order valence-corrected chi connectivity index (χ4v) is 2.03. The molecule has 0 radical (unpaired) electrons. The molecule has 0 bridgehead atoms. The summed E-state index contributed by atoms with van der Waals surface area (Å²) in [6.45, 7) is 6.70. The lowest BCUT2D eigenvalue weighted by molar-refractivity contribution is -0.122. The Bertz CT molecular complexity index is 568. The van der Waals surface area contributed by atoms with Crippen LogP contribution in [0.3, 0.4) is 0 Å². The van der Waals surface area contributed by atoms with E-state index in [1.165, 1.54) is 0 Å². The molecule has 1 aromatic carbocycles. The quantitative estimate of drug-likeness (QED) is 0.929. The molecule has 0 atom stereocenters. The van der Waals surface area contributed by atoms with Crippen molar-refractivity contribution in [2.45, 2.75) is 33.7 Å². The molecule has 0 aliphatic heterocycles. The zero-order valence-corrected chi connectivity index (χ0v) is 12.3. The van der Waals surface area contributed by atoms with Gasteiger partial charge in [0.25, 0.3) is 0 Å². The molecule has 20 heavy (non-hydrogen) atoms. The highest BCUT2D eigenvalue weighted by Gasteiger charge is 2.16. The molecule has 2 aromatic rings. The Hall–Kier alpha value is -2.10. The monoisotopic (exact) mass is 271 g/mol. The maximum atomic E-state index is 11.9. The molecule has 1 heterocycles. The van der Waals surface area contributed by atoms with Crippen molar-refractivity contribution >= 4 is 5.91 Å². The van der Waals surface area contributed by atoms with E-state index in [0.717, 1.165) is 11.3 Å². The van der Waals surface area contributed by atoms with Gasteiger partial charge in [0.2, 0.25) is 5.91 Å². The van der Waals surface area contributed by atoms with E-state index in [2.05, 4.69) is 31.2 Å². The van der Waals surface area contributed by atoms with Crippen LogP contribution in [-0.4, -0.2) is 15.7 Å². The molecule has 0 fully saturated rings. The molecular weight excluding hydrogens is 250 g/mol. The van der Waals surface area contributed by atoms with E-state index < -0.39 is 0 Å². The first-order valence-corrected chi connectivity index (χ1v) is 6.80. The van der Waals surface area contributed by atoms with Crippen LogP contribution in [0.2, 0.25) is 0 Å². The van der Waals surface area contributed by atoms with Crippen LogP contribution in [0, 0.1) is 5.41 Å². The van der Waals surface area contributed by atoms with Gasteiger partial charge < -0.3 is 5.32 Å². The van der Waals surface area contributed by atoms with Crippen molar-refractivity contribution in [3.05, 3.63) is 48.3 Å². The Morgan fingerprint density at radius 2 is 2.00 bits per heavy atom. The second-order valence-electron chi connectivity index (χ2n) is 6.09. The van der Waals surface area contributed by atoms with Crippen molar-refractivity contribution < 1.29 is 4.79 Å². The molecule has 1 amide bonds. The zero-order chi connectivity index (χ0) is 14.6. The van der Waals surface area contributed by atoms with Gasteiger partial charge >= 0.3 is 0 Å². The number of hydrogen-bond donors (Lipinski definition) is 1. The maximum Gasteiger partial charge on any atom is 0.220 e. The van der Waals surface area contributed by atoms with Crippen LogP contribution in [0.1, 0.15) is 32.8 Å². The summed E-state index contributed by atoms with van der Waals surface area (Å²) >= 11 is 0. The van der Waals surface area contributed by atoms with Gasteiger partial charge in [-0.3, -0.25) is 4.79 Å². The first kappa shape index (κ1) is 14.3. The standard InChI is InChI=1S/C16H21N3O/c1-16(2,3)11-15(20)17-12-13-7-4-5-8-14(13)19-10-6-9-18-19/h4-10H,11-12H2,1-3H3,(H,17,20). The number of nitrogens with one attached hydrogen (secondary N) is 1. The molecule has 1 aromatic heterocycles. The molecule has 106 valence electrons. The zero-order valence-electron chi connectivity index (χ0n) is 12.3. The topological polar surface area (TPSA) is 46.9 Å². The van der Waals surface area contributed by atoms with Crippen molar-refractivity contribution in [2.75, 3.05) is 0 Å². The van der Waals surface area contributed by atoms with Crippen LogP contribution in [-0.2, 0) is 11.3 Å². The molecule has 0 unspecified atom stereocenters. The molecule has 0 spiro atoms. The minimum Gasteiger partial charge on any atom is -0.352 e. The molecule has 4 heteroatoms. The van der Waals surface area contributed by atoms with E-state index in [1.54, 1.807) is 6.20 Å². The van der Waals surface area contributed by atoms with Crippen LogP contribution in [0.15, 0.2) is 42.7 Å². The molecule has 4 nitrogen and oxygen atoms in total. The average molecular weight is 271 g/mol. The van der Waals surface area contributed by atoms with Gasteiger partial charge in [0.15, 0.2) is 0 Å². The van der Waals surface area contributed by atoms with Crippen LogP contribution >= 0.6 is 0 Å². The van der Waals surface area contributed by atoms with E-state index in [0.29, 0.717) is 13.0 Å². The third-order valence-corrected chi connectivity index (χ3v) is 2.91. The van der Waals surface area contributed by atoms with E-state index in [4.69, 9.17) is 0 Å². The number of rotatable bonds is 4. The van der Waals surface area contributed by atoms with Crippen LogP contribution < -0.4 is 5.32 Å². The molecule has 0 aliphatic carbocycles. The number of hydrogen-bond acceptors (Lipinski definition) is 2. The lowest BCUT2D eigenvalue weighted by Crippen LogP contribution is -2.27. The summed E-state index contributed by atoms with van der Waals surface area (Å²) in [6.07, 6.45) is 4.17. The minimum absolute atomic E-state index is 0.00554. The molecule has 0 saturated heterocycles. The number of nitrogens with zero attached hydrogens (tertiary/aromatic N) is 2. The number of para-hydroxylation sites is 1. The van der Waals surface area contributed by atoms with E-state index in [-0.39, 0.29) is 11.3 Å². The van der Waals surface area contributed by atoms with Crippen molar-refractivity contribution in [3.63, 3.8) is 0 Å². The Morgan fingerprint density at radius 1 is 1.25 bits per heavy atom. The fourth-order valence-electron chi connectivity index (χ4n) is 2.03. The first-order chi connectivity index (χ1) is 9.46. The number of carbonyl (C=O) groups is 1. The lowest BCUT2D eigenvalue weighted by atomic mass is 9.92. The molecule has 1 N–H and O–H groups in total. The third-order valence-electron chi connectivity index (χ3n) is 2.91. The highest BCUT2D eigenvalue weighted by atomic mass is 16.1. The van der Waals surface area contributed by atoms with Gasteiger partial charge in [-0.2, -0.15) is 5.10 Å². The van der Waals surface area contributed by atoms with Crippen LogP contribution in [0.4, 0.5) is 0 Å². The second-order valence-corrected chi connectivity index (χ2v) is 6.09. The summed E-state index contributed by atoms with van der Waals surface area (Å²) in [7, 11) is 0. The van der Waals surface area contributed by atoms with Crippen molar-refractivity contribution in [2.24, 2.45) is 5.41 Å². The average Bonchev–Trinajstić information content (AvgIpc) is 2.88. The Kier molecular flexibility index (Phi) is 4.23. The van der Waals surface area contributed by atoms with Gasteiger partial charge in [-0.05, 0) is 23.1 Å². The Balaban J connectivity index is 2.06. The summed E-state index contributed by atoms with van der Waals surface area (Å²) in [5, 5.41) is 7.22. The first-order valence-electron chi connectivity index (χ1n) is 6.80. The molecule has 2 rings (SSSR count).